The van der Waals surface area contributed by atoms with E-state index in [0.29, 0.717) is 34.9 Å². The third-order valence-electron chi connectivity index (χ3n) is 5.10. The van der Waals surface area contributed by atoms with Crippen LogP contribution in [-0.2, 0) is 0 Å². The Morgan fingerprint density at radius 1 is 1.15 bits per heavy atom. The van der Waals surface area contributed by atoms with Crippen LogP contribution in [0.25, 0.3) is 22.4 Å². The molecule has 5 heteroatoms. The topological polar surface area (TPSA) is 78.0 Å². The van der Waals surface area contributed by atoms with Crippen molar-refractivity contribution in [1.82, 2.24) is 15.3 Å². The number of carbonyl (C=O) groups is 1. The zero-order valence-electron chi connectivity index (χ0n) is 14.7. The van der Waals surface area contributed by atoms with E-state index < -0.39 is 0 Å². The lowest BCUT2D eigenvalue weighted by molar-refractivity contribution is 0.0975. The molecule has 1 atom stereocenters. The van der Waals surface area contributed by atoms with E-state index in [1.54, 1.807) is 12.1 Å². The minimum atomic E-state index is 0.0773. The van der Waals surface area contributed by atoms with Crippen molar-refractivity contribution in [3.8, 4) is 17.1 Å². The SMILES string of the molecule is O=C(CCC1CCCCN1)c1ccc(O)c2[nH]c(-c3ccccc3)nc12. The number of fused-ring (bicyclic) bond motifs is 1. The predicted octanol–water partition coefficient (Wildman–Crippen LogP) is 4.04. The Hall–Kier alpha value is -2.66. The Morgan fingerprint density at radius 2 is 2.00 bits per heavy atom. The molecule has 0 bridgehead atoms. The van der Waals surface area contributed by atoms with Crippen LogP contribution in [0.15, 0.2) is 42.5 Å². The van der Waals surface area contributed by atoms with Crippen molar-refractivity contribution in [3.05, 3.63) is 48.0 Å². The molecule has 0 radical (unpaired) electrons. The summed E-state index contributed by atoms with van der Waals surface area (Å²) in [6.45, 7) is 1.04. The number of aromatic nitrogens is 2. The van der Waals surface area contributed by atoms with Crippen LogP contribution >= 0.6 is 0 Å². The Morgan fingerprint density at radius 3 is 2.77 bits per heavy atom. The van der Waals surface area contributed by atoms with E-state index in [1.165, 1.54) is 12.8 Å². The molecule has 3 N–H and O–H groups in total. The van der Waals surface area contributed by atoms with Crippen LogP contribution in [0.3, 0.4) is 0 Å². The number of phenolic OH excluding ortho intramolecular Hbond substituents is 1. The van der Waals surface area contributed by atoms with Crippen molar-refractivity contribution >= 4 is 16.8 Å². The number of benzene rings is 2. The molecule has 134 valence electrons. The summed E-state index contributed by atoms with van der Waals surface area (Å²) >= 11 is 0. The van der Waals surface area contributed by atoms with Crippen molar-refractivity contribution in [3.63, 3.8) is 0 Å². The van der Waals surface area contributed by atoms with Gasteiger partial charge in [-0.25, -0.2) is 4.98 Å². The molecule has 2 heterocycles. The first kappa shape index (κ1) is 16.8. The number of nitrogens with zero attached hydrogens (tertiary/aromatic N) is 1. The summed E-state index contributed by atoms with van der Waals surface area (Å²) in [5.41, 5.74) is 2.57. The third-order valence-corrected chi connectivity index (χ3v) is 5.10. The van der Waals surface area contributed by atoms with Crippen LogP contribution in [0.2, 0.25) is 0 Å². The van der Waals surface area contributed by atoms with Gasteiger partial charge in [0.2, 0.25) is 0 Å². The zero-order valence-corrected chi connectivity index (χ0v) is 14.7. The highest BCUT2D eigenvalue weighted by atomic mass is 16.3. The molecular weight excluding hydrogens is 326 g/mol. The Balaban J connectivity index is 1.61. The van der Waals surface area contributed by atoms with Gasteiger partial charge in [0.15, 0.2) is 5.78 Å². The summed E-state index contributed by atoms with van der Waals surface area (Å²) in [6, 6.07) is 13.4. The summed E-state index contributed by atoms with van der Waals surface area (Å²) in [4.78, 5) is 20.6. The molecule has 1 fully saturated rings. The van der Waals surface area contributed by atoms with Crippen LogP contribution in [0.4, 0.5) is 0 Å². The maximum Gasteiger partial charge on any atom is 0.165 e. The highest BCUT2D eigenvalue weighted by molar-refractivity contribution is 6.07. The van der Waals surface area contributed by atoms with Crippen LogP contribution in [0, 0.1) is 0 Å². The first-order valence-electron chi connectivity index (χ1n) is 9.26. The van der Waals surface area contributed by atoms with Gasteiger partial charge in [-0.15, -0.1) is 0 Å². The lowest BCUT2D eigenvalue weighted by atomic mass is 9.97. The first-order chi connectivity index (χ1) is 12.7. The zero-order chi connectivity index (χ0) is 17.9. The van der Waals surface area contributed by atoms with Gasteiger partial charge in [-0.2, -0.15) is 0 Å². The van der Waals surface area contributed by atoms with E-state index in [0.717, 1.165) is 24.9 Å². The van der Waals surface area contributed by atoms with E-state index in [4.69, 9.17) is 0 Å². The summed E-state index contributed by atoms with van der Waals surface area (Å²) < 4.78 is 0. The minimum Gasteiger partial charge on any atom is -0.506 e. The largest absolute Gasteiger partial charge is 0.506 e. The fraction of sp³-hybridized carbons (Fsp3) is 0.333. The number of nitrogens with one attached hydrogen (secondary N) is 2. The van der Waals surface area contributed by atoms with Crippen molar-refractivity contribution in [1.29, 1.82) is 0 Å². The second kappa shape index (κ2) is 7.30. The van der Waals surface area contributed by atoms with Crippen LogP contribution in [0.5, 0.6) is 5.75 Å². The molecule has 1 unspecified atom stereocenters. The van der Waals surface area contributed by atoms with E-state index in [2.05, 4.69) is 15.3 Å². The quantitative estimate of drug-likeness (QED) is 0.608. The lowest BCUT2D eigenvalue weighted by Gasteiger charge is -2.23. The minimum absolute atomic E-state index is 0.0773. The molecule has 2 aromatic carbocycles. The summed E-state index contributed by atoms with van der Waals surface area (Å²) in [7, 11) is 0. The van der Waals surface area contributed by atoms with E-state index in [9.17, 15) is 9.90 Å². The molecule has 4 rings (SSSR count). The van der Waals surface area contributed by atoms with Gasteiger partial charge < -0.3 is 15.4 Å². The first-order valence-corrected chi connectivity index (χ1v) is 9.26. The number of H-pyrrole nitrogens is 1. The molecule has 3 aromatic rings. The van der Waals surface area contributed by atoms with Crippen molar-refractivity contribution in [2.45, 2.75) is 38.1 Å². The number of hydrogen-bond acceptors (Lipinski definition) is 4. The van der Waals surface area contributed by atoms with Gasteiger partial charge in [0.1, 0.15) is 22.6 Å². The van der Waals surface area contributed by atoms with Crippen LogP contribution in [0.1, 0.15) is 42.5 Å². The average molecular weight is 349 g/mol. The normalized spacial score (nSPS) is 17.5. The number of aromatic amines is 1. The molecule has 1 aliphatic rings. The molecule has 1 aromatic heterocycles. The second-order valence-electron chi connectivity index (χ2n) is 6.92. The molecular formula is C21H23N3O2. The van der Waals surface area contributed by atoms with Crippen molar-refractivity contribution in [2.24, 2.45) is 0 Å². The van der Waals surface area contributed by atoms with Crippen LogP contribution in [-0.4, -0.2) is 33.4 Å². The van der Waals surface area contributed by atoms with E-state index in [1.807, 2.05) is 30.3 Å². The van der Waals surface area contributed by atoms with E-state index >= 15 is 0 Å². The Labute approximate surface area is 152 Å². The second-order valence-corrected chi connectivity index (χ2v) is 6.92. The Kier molecular flexibility index (Phi) is 4.71. The van der Waals surface area contributed by atoms with Gasteiger partial charge in [0.05, 0.1) is 0 Å². The smallest absolute Gasteiger partial charge is 0.165 e. The molecule has 0 saturated carbocycles. The summed E-state index contributed by atoms with van der Waals surface area (Å²) in [5.74, 6) is 0.846. The molecule has 0 spiro atoms. The number of phenols is 1. The molecule has 0 amide bonds. The van der Waals surface area contributed by atoms with E-state index in [-0.39, 0.29) is 11.5 Å². The number of ketones is 1. The van der Waals surface area contributed by atoms with Gasteiger partial charge in [0, 0.05) is 23.6 Å². The molecule has 1 aliphatic heterocycles. The van der Waals surface area contributed by atoms with Gasteiger partial charge in [-0.1, -0.05) is 36.8 Å². The number of aromatic hydroxyl groups is 1. The Bertz CT molecular complexity index is 912. The molecule has 26 heavy (non-hydrogen) atoms. The van der Waals surface area contributed by atoms with Gasteiger partial charge in [-0.3, -0.25) is 4.79 Å². The molecule has 0 aliphatic carbocycles. The fourth-order valence-corrected chi connectivity index (χ4v) is 3.65. The highest BCUT2D eigenvalue weighted by Gasteiger charge is 2.19. The summed E-state index contributed by atoms with van der Waals surface area (Å²) in [6.07, 6.45) is 4.93. The van der Waals surface area contributed by atoms with Crippen LogP contribution < -0.4 is 5.32 Å². The van der Waals surface area contributed by atoms with Crippen molar-refractivity contribution < 1.29 is 9.90 Å². The fourth-order valence-electron chi connectivity index (χ4n) is 3.65. The highest BCUT2D eigenvalue weighted by Crippen LogP contribution is 2.30. The predicted molar refractivity (Wildman–Crippen MR) is 102 cm³/mol. The number of carbonyl (C=O) groups excluding carboxylic acids is 1. The maximum absolute atomic E-state index is 12.8. The monoisotopic (exact) mass is 349 g/mol. The molecule has 5 nitrogen and oxygen atoms in total. The van der Waals surface area contributed by atoms with Gasteiger partial charge in [-0.05, 0) is 37.9 Å². The standard InChI is InChI=1S/C21H23N3O2/c25-17(11-9-15-8-4-5-13-22-15)16-10-12-18(26)20-19(16)23-21(24-20)14-6-2-1-3-7-14/h1-3,6-7,10,12,15,22,26H,4-5,8-9,11,13H2,(H,23,24). The third kappa shape index (κ3) is 3.35. The number of hydrogen-bond donors (Lipinski definition) is 3. The number of imidazole rings is 1. The number of piperidine rings is 1. The maximum atomic E-state index is 12.8. The average Bonchev–Trinajstić information content (AvgIpc) is 3.14. The van der Waals surface area contributed by atoms with Gasteiger partial charge in [0.25, 0.3) is 0 Å². The number of Topliss-reactive ketones (excluding diaryl/α,β-unsaturated/α-hetero) is 1. The lowest BCUT2D eigenvalue weighted by Crippen LogP contribution is -2.34. The summed E-state index contributed by atoms with van der Waals surface area (Å²) in [5, 5.41) is 13.7. The molecule has 1 saturated heterocycles. The van der Waals surface area contributed by atoms with Gasteiger partial charge >= 0.3 is 0 Å². The number of rotatable bonds is 5. The van der Waals surface area contributed by atoms with Crippen molar-refractivity contribution in [2.75, 3.05) is 6.54 Å².